The first-order chi connectivity index (χ1) is 7.38. The second kappa shape index (κ2) is 8.08. The predicted molar refractivity (Wildman–Crippen MR) is 62.1 cm³/mol. The van der Waals surface area contributed by atoms with Crippen molar-refractivity contribution in [3.05, 3.63) is 0 Å². The quantitative estimate of drug-likeness (QED) is 0.626. The third kappa shape index (κ3) is 4.96. The van der Waals surface area contributed by atoms with Crippen LogP contribution >= 0.6 is 0 Å². The molecule has 0 bridgehead atoms. The maximum Gasteiger partial charge on any atom is 0.0510 e. The zero-order valence-electron chi connectivity index (χ0n) is 10.1. The van der Waals surface area contributed by atoms with E-state index in [2.05, 4.69) is 19.2 Å². The smallest absolute Gasteiger partial charge is 0.0510 e. The van der Waals surface area contributed by atoms with Crippen LogP contribution in [0, 0.1) is 5.92 Å². The van der Waals surface area contributed by atoms with E-state index in [0.29, 0.717) is 12.0 Å². The zero-order valence-corrected chi connectivity index (χ0v) is 10.1. The van der Waals surface area contributed by atoms with Crippen LogP contribution in [0.15, 0.2) is 0 Å². The molecule has 2 atom stereocenters. The molecule has 1 aliphatic rings. The van der Waals surface area contributed by atoms with Crippen LogP contribution in [0.3, 0.4) is 0 Å². The lowest BCUT2D eigenvalue weighted by atomic mass is 9.96. The Balaban J connectivity index is 2.17. The van der Waals surface area contributed by atoms with E-state index in [0.717, 1.165) is 45.8 Å². The molecule has 0 amide bonds. The van der Waals surface area contributed by atoms with Crippen LogP contribution in [0.25, 0.3) is 0 Å². The first kappa shape index (κ1) is 12.9. The topological polar surface area (TPSA) is 30.5 Å². The van der Waals surface area contributed by atoms with Crippen LogP contribution in [-0.2, 0) is 9.47 Å². The van der Waals surface area contributed by atoms with Crippen LogP contribution in [0.4, 0.5) is 0 Å². The normalized spacial score (nSPS) is 23.2. The monoisotopic (exact) mass is 215 g/mol. The van der Waals surface area contributed by atoms with E-state index in [4.69, 9.17) is 9.47 Å². The molecule has 0 aliphatic carbocycles. The molecule has 0 saturated carbocycles. The highest BCUT2D eigenvalue weighted by atomic mass is 16.5. The van der Waals surface area contributed by atoms with E-state index >= 15 is 0 Å². The van der Waals surface area contributed by atoms with Crippen LogP contribution in [0.2, 0.25) is 0 Å². The highest BCUT2D eigenvalue weighted by molar-refractivity contribution is 4.78. The molecule has 90 valence electrons. The molecule has 1 N–H and O–H groups in total. The van der Waals surface area contributed by atoms with Gasteiger partial charge in [-0.2, -0.15) is 0 Å². The molecular weight excluding hydrogens is 190 g/mol. The van der Waals surface area contributed by atoms with Gasteiger partial charge in [-0.05, 0) is 31.7 Å². The summed E-state index contributed by atoms with van der Waals surface area (Å²) in [5, 5.41) is 3.54. The van der Waals surface area contributed by atoms with Gasteiger partial charge in [-0.1, -0.05) is 13.8 Å². The molecule has 1 heterocycles. The molecule has 0 spiro atoms. The lowest BCUT2D eigenvalue weighted by molar-refractivity contribution is 0.113. The van der Waals surface area contributed by atoms with Crippen molar-refractivity contribution >= 4 is 0 Å². The average Bonchev–Trinajstić information content (AvgIpc) is 2.76. The number of hydrogen-bond donors (Lipinski definition) is 1. The molecule has 1 rings (SSSR count). The Morgan fingerprint density at radius 3 is 2.87 bits per heavy atom. The van der Waals surface area contributed by atoms with Crippen molar-refractivity contribution in [3.63, 3.8) is 0 Å². The molecule has 2 unspecified atom stereocenters. The first-order valence-electron chi connectivity index (χ1n) is 6.27. The second-order valence-electron chi connectivity index (χ2n) is 4.19. The van der Waals surface area contributed by atoms with E-state index in [1.54, 1.807) is 0 Å². The summed E-state index contributed by atoms with van der Waals surface area (Å²) in [4.78, 5) is 0. The summed E-state index contributed by atoms with van der Waals surface area (Å²) >= 11 is 0. The van der Waals surface area contributed by atoms with Crippen molar-refractivity contribution in [3.8, 4) is 0 Å². The Labute approximate surface area is 93.5 Å². The molecule has 3 nitrogen and oxygen atoms in total. The van der Waals surface area contributed by atoms with Crippen molar-refractivity contribution in [2.75, 3.05) is 33.0 Å². The Morgan fingerprint density at radius 1 is 1.40 bits per heavy atom. The molecule has 15 heavy (non-hydrogen) atoms. The van der Waals surface area contributed by atoms with Gasteiger partial charge in [0.05, 0.1) is 6.61 Å². The van der Waals surface area contributed by atoms with Gasteiger partial charge in [-0.15, -0.1) is 0 Å². The van der Waals surface area contributed by atoms with Crippen molar-refractivity contribution in [1.82, 2.24) is 5.32 Å². The first-order valence-corrected chi connectivity index (χ1v) is 6.27. The van der Waals surface area contributed by atoms with Gasteiger partial charge in [-0.3, -0.25) is 0 Å². The van der Waals surface area contributed by atoms with E-state index in [1.165, 1.54) is 6.42 Å². The molecule has 0 aromatic heterocycles. The van der Waals surface area contributed by atoms with E-state index in [-0.39, 0.29) is 0 Å². The molecule has 1 fully saturated rings. The standard InChI is InChI=1S/C12H25NO2/c1-3-7-14-9-6-12(13-4-2)11-5-8-15-10-11/h11-13H,3-10H2,1-2H3. The summed E-state index contributed by atoms with van der Waals surface area (Å²) in [5.41, 5.74) is 0. The molecule has 1 aliphatic heterocycles. The third-order valence-corrected chi connectivity index (χ3v) is 2.92. The van der Waals surface area contributed by atoms with Gasteiger partial charge in [0, 0.05) is 25.9 Å². The number of hydrogen-bond acceptors (Lipinski definition) is 3. The number of nitrogens with one attached hydrogen (secondary N) is 1. The van der Waals surface area contributed by atoms with Gasteiger partial charge in [0.2, 0.25) is 0 Å². The Kier molecular flexibility index (Phi) is 6.98. The fraction of sp³-hybridized carbons (Fsp3) is 1.00. The van der Waals surface area contributed by atoms with Crippen LogP contribution in [-0.4, -0.2) is 39.0 Å². The minimum absolute atomic E-state index is 0.578. The van der Waals surface area contributed by atoms with Crippen molar-refractivity contribution < 1.29 is 9.47 Å². The third-order valence-electron chi connectivity index (χ3n) is 2.92. The van der Waals surface area contributed by atoms with Crippen LogP contribution in [0.5, 0.6) is 0 Å². The SMILES string of the molecule is CCCOCCC(NCC)C1CCOC1. The number of rotatable bonds is 8. The highest BCUT2D eigenvalue weighted by Crippen LogP contribution is 2.18. The summed E-state index contributed by atoms with van der Waals surface area (Å²) in [5.74, 6) is 0.690. The lowest BCUT2D eigenvalue weighted by Gasteiger charge is -2.23. The van der Waals surface area contributed by atoms with Gasteiger partial charge >= 0.3 is 0 Å². The molecule has 1 saturated heterocycles. The van der Waals surface area contributed by atoms with Gasteiger partial charge in [0.1, 0.15) is 0 Å². The second-order valence-corrected chi connectivity index (χ2v) is 4.19. The minimum atomic E-state index is 0.578. The summed E-state index contributed by atoms with van der Waals surface area (Å²) in [6, 6.07) is 0.578. The van der Waals surface area contributed by atoms with Gasteiger partial charge in [-0.25, -0.2) is 0 Å². The summed E-state index contributed by atoms with van der Waals surface area (Å²) in [7, 11) is 0. The summed E-state index contributed by atoms with van der Waals surface area (Å²) in [6.45, 7) is 8.97. The number of ether oxygens (including phenoxy) is 2. The molecule has 3 heteroatoms. The van der Waals surface area contributed by atoms with Gasteiger partial charge < -0.3 is 14.8 Å². The Bertz CT molecular complexity index is 147. The Hall–Kier alpha value is -0.120. The highest BCUT2D eigenvalue weighted by Gasteiger charge is 2.24. The molecule has 0 radical (unpaired) electrons. The maximum atomic E-state index is 5.54. The Morgan fingerprint density at radius 2 is 2.27 bits per heavy atom. The van der Waals surface area contributed by atoms with Crippen LogP contribution in [0.1, 0.15) is 33.1 Å². The fourth-order valence-corrected chi connectivity index (χ4v) is 2.09. The lowest BCUT2D eigenvalue weighted by Crippen LogP contribution is -2.37. The zero-order chi connectivity index (χ0) is 10.9. The predicted octanol–water partition coefficient (Wildman–Crippen LogP) is 1.82. The molecule has 0 aromatic carbocycles. The summed E-state index contributed by atoms with van der Waals surface area (Å²) < 4.78 is 11.0. The maximum absolute atomic E-state index is 5.54. The average molecular weight is 215 g/mol. The van der Waals surface area contributed by atoms with Crippen molar-refractivity contribution in [1.29, 1.82) is 0 Å². The van der Waals surface area contributed by atoms with Gasteiger partial charge in [0.25, 0.3) is 0 Å². The van der Waals surface area contributed by atoms with Crippen molar-refractivity contribution in [2.24, 2.45) is 5.92 Å². The summed E-state index contributed by atoms with van der Waals surface area (Å²) in [6.07, 6.45) is 3.42. The van der Waals surface area contributed by atoms with Gasteiger partial charge in [0.15, 0.2) is 0 Å². The van der Waals surface area contributed by atoms with Crippen LogP contribution < -0.4 is 5.32 Å². The minimum Gasteiger partial charge on any atom is -0.381 e. The molecule has 0 aromatic rings. The van der Waals surface area contributed by atoms with E-state index in [9.17, 15) is 0 Å². The van der Waals surface area contributed by atoms with E-state index < -0.39 is 0 Å². The fourth-order valence-electron chi connectivity index (χ4n) is 2.09. The van der Waals surface area contributed by atoms with Crippen molar-refractivity contribution in [2.45, 2.75) is 39.2 Å². The van der Waals surface area contributed by atoms with E-state index in [1.807, 2.05) is 0 Å². The largest absolute Gasteiger partial charge is 0.381 e. The molecular formula is C12H25NO2.